The van der Waals surface area contributed by atoms with E-state index in [2.05, 4.69) is 16.0 Å². The number of esters is 1. The predicted octanol–water partition coefficient (Wildman–Crippen LogP) is 2.86. The Morgan fingerprint density at radius 1 is 1.28 bits per heavy atom. The van der Waals surface area contributed by atoms with E-state index in [1.807, 2.05) is 0 Å². The second-order valence-electron chi connectivity index (χ2n) is 4.70. The molecule has 0 saturated heterocycles. The molecular formula is C16H12N2O5S2. The number of hydrogen-bond acceptors (Lipinski definition) is 8. The first kappa shape index (κ1) is 18.4. The molecule has 0 spiro atoms. The van der Waals surface area contributed by atoms with Crippen molar-refractivity contribution in [2.24, 2.45) is 5.16 Å². The van der Waals surface area contributed by atoms with Gasteiger partial charge >= 0.3 is 16.1 Å². The molecule has 0 amide bonds. The summed E-state index contributed by atoms with van der Waals surface area (Å²) in [6.45, 7) is 4.94. The fourth-order valence-corrected chi connectivity index (χ4v) is 2.92. The number of nitriles is 1. The molecule has 0 saturated carbocycles. The minimum Gasteiger partial charge on any atom is -0.423 e. The second kappa shape index (κ2) is 7.74. The van der Waals surface area contributed by atoms with Gasteiger partial charge in [0.2, 0.25) is 0 Å². The van der Waals surface area contributed by atoms with Crippen LogP contribution in [-0.2, 0) is 19.2 Å². The topological polar surface area (TPSA) is 106 Å². The maximum Gasteiger partial charge on any atom is 0.358 e. The van der Waals surface area contributed by atoms with Crippen molar-refractivity contribution in [2.75, 3.05) is 0 Å². The fraction of sp³-hybridized carbons (Fsp3) is 0.0625. The maximum absolute atomic E-state index is 12.1. The molecule has 128 valence electrons. The van der Waals surface area contributed by atoms with Gasteiger partial charge in [-0.25, -0.2) is 4.79 Å². The van der Waals surface area contributed by atoms with Crippen LogP contribution in [0.25, 0.3) is 0 Å². The zero-order chi connectivity index (χ0) is 18.4. The number of oxime groups is 1. The molecule has 0 atom stereocenters. The van der Waals surface area contributed by atoms with E-state index >= 15 is 0 Å². The number of carbonyl (C=O) groups is 1. The van der Waals surface area contributed by atoms with E-state index in [-0.39, 0.29) is 21.9 Å². The van der Waals surface area contributed by atoms with Gasteiger partial charge in [0.1, 0.15) is 16.7 Å². The molecule has 25 heavy (non-hydrogen) atoms. The van der Waals surface area contributed by atoms with Crippen LogP contribution < -0.4 is 4.74 Å². The zero-order valence-corrected chi connectivity index (χ0v) is 14.6. The first-order valence-electron chi connectivity index (χ1n) is 6.77. The van der Waals surface area contributed by atoms with Crippen LogP contribution in [0.1, 0.15) is 11.8 Å². The van der Waals surface area contributed by atoms with Crippen molar-refractivity contribution in [1.82, 2.24) is 0 Å². The van der Waals surface area contributed by atoms with Gasteiger partial charge in [-0.1, -0.05) is 17.8 Å². The molecule has 1 heterocycles. The van der Waals surface area contributed by atoms with Gasteiger partial charge < -0.3 is 4.74 Å². The molecule has 9 heteroatoms. The standard InChI is InChI=1S/C16H12N2O5S2/c1-11(2)16(19)22-12-5-7-13(8-6-12)25(20,21)23-18-14(10-17)15-4-3-9-24-15/h3-9H,1H2,2H3. The van der Waals surface area contributed by atoms with Crippen LogP contribution in [0, 0.1) is 11.3 Å². The average Bonchev–Trinajstić information content (AvgIpc) is 3.10. The van der Waals surface area contributed by atoms with E-state index in [1.54, 1.807) is 23.6 Å². The summed E-state index contributed by atoms with van der Waals surface area (Å²) in [5, 5.41) is 14.2. The van der Waals surface area contributed by atoms with Gasteiger partial charge in [-0.2, -0.15) is 13.7 Å². The summed E-state index contributed by atoms with van der Waals surface area (Å²) < 4.78 is 33.8. The molecule has 1 aromatic heterocycles. The molecule has 0 N–H and O–H groups in total. The number of benzene rings is 1. The first-order chi connectivity index (χ1) is 11.8. The normalized spacial score (nSPS) is 11.4. The highest BCUT2D eigenvalue weighted by Crippen LogP contribution is 2.19. The van der Waals surface area contributed by atoms with Crippen molar-refractivity contribution in [2.45, 2.75) is 11.8 Å². The number of rotatable bonds is 6. The number of thiophene rings is 1. The van der Waals surface area contributed by atoms with Gasteiger partial charge in [-0.3, -0.25) is 4.28 Å². The Labute approximate surface area is 148 Å². The summed E-state index contributed by atoms with van der Waals surface area (Å²) in [4.78, 5) is 11.7. The lowest BCUT2D eigenvalue weighted by Gasteiger charge is -2.05. The number of carbonyl (C=O) groups excluding carboxylic acids is 1. The molecule has 0 fully saturated rings. The molecule has 0 bridgehead atoms. The molecule has 7 nitrogen and oxygen atoms in total. The third kappa shape index (κ3) is 4.76. The molecular weight excluding hydrogens is 364 g/mol. The summed E-state index contributed by atoms with van der Waals surface area (Å²) in [5.41, 5.74) is 0.0672. The maximum atomic E-state index is 12.1. The van der Waals surface area contributed by atoms with E-state index in [1.165, 1.54) is 42.5 Å². The summed E-state index contributed by atoms with van der Waals surface area (Å²) in [7, 11) is -4.21. The number of hydrogen-bond donors (Lipinski definition) is 0. The van der Waals surface area contributed by atoms with Gasteiger partial charge in [-0.15, -0.1) is 11.3 Å². The smallest absolute Gasteiger partial charge is 0.358 e. The Hall–Kier alpha value is -2.96. The lowest BCUT2D eigenvalue weighted by atomic mass is 10.3. The van der Waals surface area contributed by atoms with E-state index in [4.69, 9.17) is 10.00 Å². The van der Waals surface area contributed by atoms with Crippen LogP contribution in [0.4, 0.5) is 0 Å². The van der Waals surface area contributed by atoms with Gasteiger partial charge in [0, 0.05) is 5.57 Å². The van der Waals surface area contributed by atoms with Crippen LogP contribution in [0.3, 0.4) is 0 Å². The van der Waals surface area contributed by atoms with Crippen molar-refractivity contribution in [1.29, 1.82) is 5.26 Å². The summed E-state index contributed by atoms with van der Waals surface area (Å²) >= 11 is 1.23. The molecule has 1 aromatic carbocycles. The Bertz CT molecular complexity index is 953. The number of ether oxygens (including phenoxy) is 1. The van der Waals surface area contributed by atoms with Crippen molar-refractivity contribution in [3.05, 3.63) is 58.8 Å². The predicted molar refractivity (Wildman–Crippen MR) is 91.6 cm³/mol. The van der Waals surface area contributed by atoms with E-state index in [0.29, 0.717) is 4.88 Å². The van der Waals surface area contributed by atoms with Crippen molar-refractivity contribution >= 4 is 33.1 Å². The third-order valence-corrected chi connectivity index (χ3v) is 4.76. The molecule has 0 aliphatic carbocycles. The Kier molecular flexibility index (Phi) is 5.69. The van der Waals surface area contributed by atoms with Gasteiger partial charge in [0.05, 0.1) is 4.88 Å². The van der Waals surface area contributed by atoms with E-state index in [9.17, 15) is 13.2 Å². The van der Waals surface area contributed by atoms with Crippen LogP contribution in [-0.4, -0.2) is 20.1 Å². The van der Waals surface area contributed by atoms with Gasteiger partial charge in [0.25, 0.3) is 0 Å². The Morgan fingerprint density at radius 3 is 2.48 bits per heavy atom. The minimum atomic E-state index is -4.21. The monoisotopic (exact) mass is 376 g/mol. The van der Waals surface area contributed by atoms with E-state index < -0.39 is 16.1 Å². The van der Waals surface area contributed by atoms with Crippen molar-refractivity contribution < 1.29 is 22.2 Å². The molecule has 2 aromatic rings. The lowest BCUT2D eigenvalue weighted by Crippen LogP contribution is -2.09. The molecule has 0 aliphatic heterocycles. The van der Waals surface area contributed by atoms with Crippen LogP contribution in [0.5, 0.6) is 5.75 Å². The van der Waals surface area contributed by atoms with Crippen LogP contribution >= 0.6 is 11.3 Å². The molecule has 0 radical (unpaired) electrons. The second-order valence-corrected chi connectivity index (χ2v) is 7.18. The third-order valence-electron chi connectivity index (χ3n) is 2.76. The first-order valence-corrected chi connectivity index (χ1v) is 9.05. The van der Waals surface area contributed by atoms with E-state index in [0.717, 1.165) is 0 Å². The highest BCUT2D eigenvalue weighted by atomic mass is 32.2. The average molecular weight is 376 g/mol. The Balaban J connectivity index is 2.16. The molecule has 0 aliphatic rings. The highest BCUT2D eigenvalue weighted by molar-refractivity contribution is 7.86. The number of nitrogens with zero attached hydrogens (tertiary/aromatic N) is 2. The van der Waals surface area contributed by atoms with Crippen LogP contribution in [0.2, 0.25) is 0 Å². The largest absolute Gasteiger partial charge is 0.423 e. The zero-order valence-electron chi connectivity index (χ0n) is 13.0. The van der Waals surface area contributed by atoms with Crippen molar-refractivity contribution in [3.63, 3.8) is 0 Å². The molecule has 2 rings (SSSR count). The summed E-state index contributed by atoms with van der Waals surface area (Å²) in [6.07, 6.45) is 0. The Morgan fingerprint density at radius 2 is 1.96 bits per heavy atom. The van der Waals surface area contributed by atoms with Gasteiger partial charge in [-0.05, 0) is 42.6 Å². The van der Waals surface area contributed by atoms with Crippen molar-refractivity contribution in [3.8, 4) is 11.8 Å². The lowest BCUT2D eigenvalue weighted by molar-refractivity contribution is -0.130. The molecule has 0 unspecified atom stereocenters. The van der Waals surface area contributed by atoms with Crippen LogP contribution in [0.15, 0.2) is 64.0 Å². The minimum absolute atomic E-state index is 0.148. The SMILES string of the molecule is C=C(C)C(=O)Oc1ccc(S(=O)(=O)ON=C(C#N)c2cccs2)cc1. The highest BCUT2D eigenvalue weighted by Gasteiger charge is 2.17. The summed E-state index contributed by atoms with van der Waals surface area (Å²) in [6, 6.07) is 10.1. The summed E-state index contributed by atoms with van der Waals surface area (Å²) in [5.74, 6) is -0.460. The fourth-order valence-electron chi connectivity index (χ4n) is 1.53. The van der Waals surface area contributed by atoms with Gasteiger partial charge in [0.15, 0.2) is 5.71 Å². The quantitative estimate of drug-likeness (QED) is 0.252.